The maximum atomic E-state index is 13.1. The van der Waals surface area contributed by atoms with E-state index in [1.54, 1.807) is 6.07 Å². The number of nitro benzene ring substituents is 1. The molecule has 0 radical (unpaired) electrons. The van der Waals surface area contributed by atoms with E-state index in [2.05, 4.69) is 9.97 Å². The van der Waals surface area contributed by atoms with Gasteiger partial charge in [-0.05, 0) is 42.5 Å². The fraction of sp³-hybridized carbons (Fsp3) is 0. The Labute approximate surface area is 190 Å². The van der Waals surface area contributed by atoms with Gasteiger partial charge in [-0.15, -0.1) is 11.3 Å². The number of benzene rings is 2. The number of thiazole rings is 1. The molecule has 0 bridgehead atoms. The minimum atomic E-state index is -4.46. The number of rotatable bonds is 6. The van der Waals surface area contributed by atoms with Crippen molar-refractivity contribution in [1.82, 2.24) is 9.97 Å². The predicted octanol–water partition coefficient (Wildman–Crippen LogP) is 4.66. The summed E-state index contributed by atoms with van der Waals surface area (Å²) >= 11 is 0.823. The van der Waals surface area contributed by atoms with E-state index in [1.807, 2.05) is 0 Å². The van der Waals surface area contributed by atoms with Crippen molar-refractivity contribution in [2.75, 3.05) is 0 Å². The Kier molecular flexibility index (Phi) is 5.94. The Morgan fingerprint density at radius 3 is 2.39 bits per heavy atom. The zero-order chi connectivity index (χ0) is 23.6. The number of nitrogens with zero attached hydrogens (tertiary/aromatic N) is 3. The quantitative estimate of drug-likeness (QED) is 0.285. The van der Waals surface area contributed by atoms with E-state index in [9.17, 15) is 27.7 Å². The number of ether oxygens (including phenoxy) is 1. The van der Waals surface area contributed by atoms with E-state index in [4.69, 9.17) is 4.74 Å². The molecule has 0 fully saturated rings. The summed E-state index contributed by atoms with van der Waals surface area (Å²) in [5, 5.41) is 9.23. The normalized spacial score (nSPS) is 11.2. The summed E-state index contributed by atoms with van der Waals surface area (Å²) in [5.74, 6) is 0.292. The lowest BCUT2D eigenvalue weighted by Crippen LogP contribution is -2.15. The van der Waals surface area contributed by atoms with Gasteiger partial charge in [0.1, 0.15) is 17.3 Å². The minimum Gasteiger partial charge on any atom is -0.457 e. The van der Waals surface area contributed by atoms with Gasteiger partial charge in [0, 0.05) is 30.7 Å². The van der Waals surface area contributed by atoms with Crippen LogP contribution >= 0.6 is 11.3 Å². The Bertz CT molecular complexity index is 1450. The van der Waals surface area contributed by atoms with Crippen LogP contribution in [0.5, 0.6) is 11.5 Å². The molecular weight excluding hydrogens is 473 g/mol. The molecule has 0 aliphatic rings. The lowest BCUT2D eigenvalue weighted by molar-refractivity contribution is -0.384. The second kappa shape index (κ2) is 8.84. The molecule has 0 N–H and O–H groups in total. The molecule has 0 amide bonds. The van der Waals surface area contributed by atoms with Crippen LogP contribution < -0.4 is 4.74 Å². The van der Waals surface area contributed by atoms with Crippen LogP contribution in [0.2, 0.25) is 0 Å². The summed E-state index contributed by atoms with van der Waals surface area (Å²) < 4.78 is 44.3. The first kappa shape index (κ1) is 22.2. The first-order valence-corrected chi connectivity index (χ1v) is 11.4. The van der Waals surface area contributed by atoms with E-state index in [1.165, 1.54) is 42.9 Å². The van der Waals surface area contributed by atoms with Crippen LogP contribution in [0.15, 0.2) is 78.1 Å². The topological polar surface area (TPSA) is 129 Å². The molecule has 0 aliphatic heterocycles. The lowest BCUT2D eigenvalue weighted by Gasteiger charge is -2.09. The standard InChI is InChI=1S/C21H12FN3O6S2/c22-13-1-5-15(6-2-13)31-18-9-10-23-11-17(18)19-12-24-20(32-19)21(26)33(29,30)16-7-3-14(4-8-16)25(27)28/h1-12H. The third-order valence-electron chi connectivity index (χ3n) is 4.37. The van der Waals surface area contributed by atoms with Gasteiger partial charge in [0.05, 0.1) is 20.3 Å². The molecule has 0 spiro atoms. The van der Waals surface area contributed by atoms with Gasteiger partial charge in [-0.3, -0.25) is 19.9 Å². The van der Waals surface area contributed by atoms with Crippen LogP contribution in [0.4, 0.5) is 10.1 Å². The number of aromatic nitrogens is 2. The largest absolute Gasteiger partial charge is 0.457 e. The highest BCUT2D eigenvalue weighted by molar-refractivity contribution is 8.07. The Hall–Kier alpha value is -4.03. The molecule has 2 heterocycles. The van der Waals surface area contributed by atoms with Crippen LogP contribution in [-0.4, -0.2) is 28.4 Å². The Balaban J connectivity index is 1.62. The number of nitro groups is 1. The highest BCUT2D eigenvalue weighted by Gasteiger charge is 2.30. The molecule has 2 aromatic heterocycles. The number of hydrogen-bond donors (Lipinski definition) is 0. The van der Waals surface area contributed by atoms with Gasteiger partial charge in [0.25, 0.3) is 5.69 Å². The van der Waals surface area contributed by atoms with E-state index in [-0.39, 0.29) is 15.6 Å². The van der Waals surface area contributed by atoms with Crippen molar-refractivity contribution in [3.63, 3.8) is 0 Å². The summed E-state index contributed by atoms with van der Waals surface area (Å²) in [6, 6.07) is 10.9. The van der Waals surface area contributed by atoms with Gasteiger partial charge in [0.15, 0.2) is 5.01 Å². The van der Waals surface area contributed by atoms with Crippen molar-refractivity contribution in [1.29, 1.82) is 0 Å². The zero-order valence-electron chi connectivity index (χ0n) is 16.4. The van der Waals surface area contributed by atoms with Gasteiger partial charge in [0.2, 0.25) is 9.84 Å². The fourth-order valence-corrected chi connectivity index (χ4v) is 4.96. The molecule has 0 unspecified atom stereocenters. The van der Waals surface area contributed by atoms with Gasteiger partial charge in [-0.1, -0.05) is 0 Å². The molecule has 0 saturated carbocycles. The van der Waals surface area contributed by atoms with Gasteiger partial charge in [-0.25, -0.2) is 17.8 Å². The number of carbonyl (C=O) groups is 1. The maximum absolute atomic E-state index is 13.1. The highest BCUT2D eigenvalue weighted by Crippen LogP contribution is 2.36. The highest BCUT2D eigenvalue weighted by atomic mass is 32.2. The number of non-ortho nitro benzene ring substituents is 1. The molecule has 4 rings (SSSR count). The summed E-state index contributed by atoms with van der Waals surface area (Å²) in [6.07, 6.45) is 4.26. The first-order chi connectivity index (χ1) is 15.8. The second-order valence-corrected chi connectivity index (χ2v) is 9.38. The molecule has 166 valence electrons. The molecule has 0 atom stereocenters. The SMILES string of the molecule is O=C(c1ncc(-c2cnccc2Oc2ccc(F)cc2)s1)S(=O)(=O)c1ccc([N+](=O)[O-])cc1. The average molecular weight is 485 g/mol. The average Bonchev–Trinajstić information content (AvgIpc) is 3.30. The molecule has 4 aromatic rings. The number of sulfone groups is 1. The predicted molar refractivity (Wildman–Crippen MR) is 116 cm³/mol. The van der Waals surface area contributed by atoms with Crippen LogP contribution in [0.1, 0.15) is 9.80 Å². The van der Waals surface area contributed by atoms with Crippen LogP contribution in [-0.2, 0) is 9.84 Å². The third kappa shape index (κ3) is 4.61. The molecule has 9 nitrogen and oxygen atoms in total. The lowest BCUT2D eigenvalue weighted by atomic mass is 10.2. The van der Waals surface area contributed by atoms with Crippen molar-refractivity contribution in [3.05, 3.63) is 94.1 Å². The van der Waals surface area contributed by atoms with Crippen molar-refractivity contribution in [2.45, 2.75) is 4.90 Å². The van der Waals surface area contributed by atoms with Crippen molar-refractivity contribution >= 4 is 32.0 Å². The number of hydrogen-bond acceptors (Lipinski definition) is 9. The number of halogens is 1. The minimum absolute atomic E-state index is 0.292. The molecule has 2 aromatic carbocycles. The number of pyridine rings is 1. The summed E-state index contributed by atoms with van der Waals surface area (Å²) in [6.45, 7) is 0. The zero-order valence-corrected chi connectivity index (χ0v) is 18.0. The Morgan fingerprint density at radius 2 is 1.73 bits per heavy atom. The van der Waals surface area contributed by atoms with E-state index < -0.39 is 25.7 Å². The second-order valence-electron chi connectivity index (χ2n) is 6.50. The van der Waals surface area contributed by atoms with Crippen LogP contribution in [0.25, 0.3) is 10.4 Å². The van der Waals surface area contributed by atoms with Gasteiger partial charge >= 0.3 is 5.12 Å². The van der Waals surface area contributed by atoms with Crippen LogP contribution in [0, 0.1) is 15.9 Å². The summed E-state index contributed by atoms with van der Waals surface area (Å²) in [4.78, 5) is 30.8. The van der Waals surface area contributed by atoms with Crippen LogP contribution in [0.3, 0.4) is 0 Å². The summed E-state index contributed by atoms with van der Waals surface area (Å²) in [5.41, 5.74) is 0.148. The van der Waals surface area contributed by atoms with Crippen molar-refractivity contribution < 1.29 is 27.3 Å². The van der Waals surface area contributed by atoms with Gasteiger partial charge < -0.3 is 4.74 Å². The van der Waals surface area contributed by atoms with Gasteiger partial charge in [-0.2, -0.15) is 0 Å². The van der Waals surface area contributed by atoms with Crippen molar-refractivity contribution in [3.8, 4) is 21.9 Å². The molecule has 33 heavy (non-hydrogen) atoms. The molecular formula is C21H12FN3O6S2. The maximum Gasteiger partial charge on any atom is 0.309 e. The van der Waals surface area contributed by atoms with Crippen molar-refractivity contribution in [2.24, 2.45) is 0 Å². The molecule has 0 aliphatic carbocycles. The smallest absolute Gasteiger partial charge is 0.309 e. The summed E-state index contributed by atoms with van der Waals surface area (Å²) in [7, 11) is -4.46. The number of carbonyl (C=O) groups excluding carboxylic acids is 1. The fourth-order valence-electron chi connectivity index (χ4n) is 2.75. The Morgan fingerprint density at radius 1 is 1.03 bits per heavy atom. The third-order valence-corrected chi connectivity index (χ3v) is 7.10. The van der Waals surface area contributed by atoms with E-state index in [0.29, 0.717) is 21.9 Å². The van der Waals surface area contributed by atoms with E-state index in [0.717, 1.165) is 35.6 Å². The van der Waals surface area contributed by atoms with E-state index >= 15 is 0 Å². The monoisotopic (exact) mass is 485 g/mol. The molecule has 12 heteroatoms. The molecule has 0 saturated heterocycles. The first-order valence-electron chi connectivity index (χ1n) is 9.13.